The fraction of sp³-hybridized carbons (Fsp3) is 0.929. The molecule has 12 rings (SSSR count). The highest BCUT2D eigenvalue weighted by atomic mass is 16.8. The number of hydrogen-bond acceptors (Lipinski definition) is 35. The van der Waals surface area contributed by atoms with Crippen LogP contribution in [0, 0.1) is 56.7 Å². The maximum atomic E-state index is 15.3. The smallest absolute Gasteiger partial charge is 0.335 e. The Morgan fingerprint density at radius 1 is 0.491 bits per heavy atom. The molecule has 11 fully saturated rings. The van der Waals surface area contributed by atoms with Crippen molar-refractivity contribution in [2.24, 2.45) is 56.7 Å². The summed E-state index contributed by atoms with van der Waals surface area (Å²) in [6, 6.07) is 0. The lowest BCUT2D eigenvalue weighted by Crippen LogP contribution is -2.68. The van der Waals surface area contributed by atoms with Crippen LogP contribution in [-0.4, -0.2) is 351 Å². The lowest BCUT2D eigenvalue weighted by Gasteiger charge is -2.70. The summed E-state index contributed by atoms with van der Waals surface area (Å²) in [5.41, 5.74) is -2.13. The molecule has 0 aromatic heterocycles. The first kappa shape index (κ1) is 82.6. The normalized spacial score (nSPS) is 54.7. The van der Waals surface area contributed by atoms with E-state index in [1.165, 1.54) is 19.4 Å². The van der Waals surface area contributed by atoms with Crippen molar-refractivity contribution < 1.29 is 178 Å². The average Bonchev–Trinajstić information content (AvgIpc) is 0.678. The fourth-order valence-corrected chi connectivity index (χ4v) is 20.4. The second-order valence-corrected chi connectivity index (χ2v) is 33.4. The van der Waals surface area contributed by atoms with E-state index >= 15 is 4.79 Å². The van der Waals surface area contributed by atoms with Crippen molar-refractivity contribution in [1.29, 1.82) is 0 Å². The number of allylic oxidation sites excluding steroid dienone is 2. The molecule has 0 bridgehead atoms. The van der Waals surface area contributed by atoms with E-state index in [0.29, 0.717) is 51.4 Å². The number of rotatable bonds is 18. The molecule has 36 nitrogen and oxygen atoms in total. The number of fused-ring (bicyclic) bond motifs is 7. The molecule has 5 aliphatic carbocycles. The van der Waals surface area contributed by atoms with Crippen molar-refractivity contribution >= 4 is 18.2 Å². The SMILES string of the molecule is CC1OC(OC(=O)C2CC(C)(C)CC3C4=CCC5C6(C)CCC(OC7OC(C(=O)O)C(O)C(OC8OC(CO)C(O)C(O)C8O)C7OC7OCC(O)C(O)C7O)C(C)(C=O)C6CCC5(C)C4(C)CCC23)C(OC2OC(C)C(OC3OCC(O)C(O)C3O)C(OC3OC(CO)C(O)C(O)C3O)C2O)C(O)C1O. The monoisotopic (exact) mass is 1530 g/mol. The van der Waals surface area contributed by atoms with Crippen molar-refractivity contribution in [2.75, 3.05) is 26.4 Å². The zero-order valence-electron chi connectivity index (χ0n) is 60.3. The zero-order chi connectivity index (χ0) is 77.3. The van der Waals surface area contributed by atoms with Gasteiger partial charge in [0.1, 0.15) is 141 Å². The van der Waals surface area contributed by atoms with E-state index in [9.17, 15) is 107 Å². The number of aliphatic hydroxyl groups is 18. The van der Waals surface area contributed by atoms with Crippen molar-refractivity contribution in [1.82, 2.24) is 0 Å². The first-order chi connectivity index (χ1) is 49.8. The maximum Gasteiger partial charge on any atom is 0.335 e. The fourth-order valence-electron chi connectivity index (χ4n) is 20.4. The average molecular weight is 1530 g/mol. The van der Waals surface area contributed by atoms with E-state index < -0.39 is 286 Å². The topological polar surface area (TPSA) is 565 Å². The van der Waals surface area contributed by atoms with E-state index in [2.05, 4.69) is 40.7 Å². The number of carboxylic acid groups (broad SMARTS) is 1. The first-order valence-corrected chi connectivity index (χ1v) is 36.9. The van der Waals surface area contributed by atoms with Crippen LogP contribution in [-0.2, 0) is 80.7 Å². The van der Waals surface area contributed by atoms with Crippen LogP contribution in [0.3, 0.4) is 0 Å². The Morgan fingerprint density at radius 3 is 1.57 bits per heavy atom. The second kappa shape index (κ2) is 31.5. The van der Waals surface area contributed by atoms with Gasteiger partial charge in [0.15, 0.2) is 49.9 Å². The van der Waals surface area contributed by atoms with E-state index in [1.807, 2.05) is 0 Å². The Hall–Kier alpha value is -2.89. The molecule has 0 aromatic carbocycles. The largest absolute Gasteiger partial charge is 0.479 e. The van der Waals surface area contributed by atoms with E-state index in [4.69, 9.17) is 66.3 Å². The highest BCUT2D eigenvalue weighted by molar-refractivity contribution is 5.74. The number of esters is 1. The summed E-state index contributed by atoms with van der Waals surface area (Å²) in [7, 11) is 0. The van der Waals surface area contributed by atoms with Gasteiger partial charge in [-0.05, 0) is 117 Å². The van der Waals surface area contributed by atoms with Gasteiger partial charge in [-0.25, -0.2) is 4.79 Å². The lowest BCUT2D eigenvalue weighted by atomic mass is 9.34. The quantitative estimate of drug-likeness (QED) is 0.0263. The summed E-state index contributed by atoms with van der Waals surface area (Å²) in [5, 5.41) is 206. The third kappa shape index (κ3) is 14.5. The molecule has 43 atom stereocenters. The summed E-state index contributed by atoms with van der Waals surface area (Å²) in [5.74, 6) is -4.10. The van der Waals surface area contributed by atoms with Crippen molar-refractivity contribution in [2.45, 2.75) is 322 Å². The van der Waals surface area contributed by atoms with Crippen LogP contribution in [0.5, 0.6) is 0 Å². The first-order valence-electron chi connectivity index (χ1n) is 36.9. The molecular formula is C70H110O36. The summed E-state index contributed by atoms with van der Waals surface area (Å²) in [4.78, 5) is 42.5. The van der Waals surface area contributed by atoms with Gasteiger partial charge in [-0.2, -0.15) is 0 Å². The molecule has 43 unspecified atom stereocenters. The maximum absolute atomic E-state index is 15.3. The van der Waals surface area contributed by atoms with Gasteiger partial charge in [-0.1, -0.05) is 53.2 Å². The number of carbonyl (C=O) groups is 3. The number of aliphatic carboxylic acids is 1. The van der Waals surface area contributed by atoms with Gasteiger partial charge >= 0.3 is 11.9 Å². The predicted octanol–water partition coefficient (Wildman–Crippen LogP) is -6.10. The van der Waals surface area contributed by atoms with Crippen LogP contribution in [0.4, 0.5) is 0 Å². The third-order valence-corrected chi connectivity index (χ3v) is 26.6. The number of carbonyl (C=O) groups excluding carboxylic acids is 2. The van der Waals surface area contributed by atoms with E-state index in [1.54, 1.807) is 6.92 Å². The van der Waals surface area contributed by atoms with Gasteiger partial charge in [-0.15, -0.1) is 0 Å². The molecule has 36 heteroatoms. The molecule has 0 radical (unpaired) electrons. The van der Waals surface area contributed by atoms with Crippen LogP contribution >= 0.6 is 0 Å². The van der Waals surface area contributed by atoms with E-state index in [-0.39, 0.29) is 24.2 Å². The molecule has 7 saturated heterocycles. The van der Waals surface area contributed by atoms with Gasteiger partial charge < -0.3 is 168 Å². The van der Waals surface area contributed by atoms with Gasteiger partial charge in [0.2, 0.25) is 6.29 Å². The minimum atomic E-state index is -2.22. The minimum Gasteiger partial charge on any atom is -0.479 e. The summed E-state index contributed by atoms with van der Waals surface area (Å²) in [6.07, 6.45) is -53.2. The number of ether oxygens (including phenoxy) is 14. The van der Waals surface area contributed by atoms with Crippen LogP contribution in [0.15, 0.2) is 11.6 Å². The van der Waals surface area contributed by atoms with Gasteiger partial charge in [0.25, 0.3) is 0 Å². The van der Waals surface area contributed by atoms with Gasteiger partial charge in [0.05, 0.1) is 56.1 Å². The Morgan fingerprint density at radius 2 is 1.01 bits per heavy atom. The van der Waals surface area contributed by atoms with Crippen LogP contribution in [0.1, 0.15) is 113 Å². The van der Waals surface area contributed by atoms with Crippen molar-refractivity contribution in [3.8, 4) is 0 Å². The molecule has 7 aliphatic heterocycles. The predicted molar refractivity (Wildman–Crippen MR) is 347 cm³/mol. The molecule has 4 saturated carbocycles. The third-order valence-electron chi connectivity index (χ3n) is 26.6. The molecule has 7 heterocycles. The van der Waals surface area contributed by atoms with E-state index in [0.717, 1.165) is 6.29 Å². The Balaban J connectivity index is 0.778. The molecule has 0 amide bonds. The number of aldehydes is 1. The minimum absolute atomic E-state index is 0.0622. The van der Waals surface area contributed by atoms with Crippen molar-refractivity contribution in [3.05, 3.63) is 11.6 Å². The Labute approximate surface area is 610 Å². The van der Waals surface area contributed by atoms with Crippen molar-refractivity contribution in [3.63, 3.8) is 0 Å². The molecule has 19 N–H and O–H groups in total. The number of carboxylic acids is 1. The highest BCUT2D eigenvalue weighted by Crippen LogP contribution is 2.75. The number of aliphatic hydroxyl groups excluding tert-OH is 18. The van der Waals surface area contributed by atoms with Gasteiger partial charge in [0, 0.05) is 0 Å². The molecule has 0 spiro atoms. The lowest BCUT2D eigenvalue weighted by molar-refractivity contribution is -0.394. The summed E-state index contributed by atoms with van der Waals surface area (Å²) >= 11 is 0. The molecular weight excluding hydrogens is 1420 g/mol. The standard InChI is InChI=1S/C70H110O36/c1-24-37(76)44(83)55(104-63-50(89)53(102-62-48(87)43(82)41(80)33(20-72)98-62)51(25(2)96-63)100-59-45(84)38(77)30(74)21-93-59)64(95-24)106-58(92)28-18-66(3,4)17-27-26(28)11-15-69(7)29(27)9-10-35-67(5)14-13-36(68(6,23-73)34(67)12-16-70(35,69)8)99-65-56(105-60-46(85)39(78)31(75)22-94-60)52(49(88)54(103-65)57(90)91)101-61-47(86)42(81)40(79)32(19-71)97-61/h9,23-28,30-56,59-65,71-72,74-89H,10-22H2,1-8H3,(H,90,91). The Kier molecular flexibility index (Phi) is 24.5. The zero-order valence-corrected chi connectivity index (χ0v) is 60.3. The molecule has 12 aliphatic rings. The van der Waals surface area contributed by atoms with Gasteiger partial charge in [-0.3, -0.25) is 4.79 Å². The van der Waals surface area contributed by atoms with Crippen LogP contribution in [0.2, 0.25) is 0 Å². The molecule has 606 valence electrons. The van der Waals surface area contributed by atoms with Crippen LogP contribution in [0.25, 0.3) is 0 Å². The highest BCUT2D eigenvalue weighted by Gasteiger charge is 2.70. The second-order valence-electron chi connectivity index (χ2n) is 33.4. The molecule has 106 heavy (non-hydrogen) atoms. The number of hydrogen-bond donors (Lipinski definition) is 19. The summed E-state index contributed by atoms with van der Waals surface area (Å²) in [6.45, 7) is 12.7. The summed E-state index contributed by atoms with van der Waals surface area (Å²) < 4.78 is 84.5. The Bertz CT molecular complexity index is 3080. The molecule has 0 aromatic rings. The van der Waals surface area contributed by atoms with Crippen LogP contribution < -0.4 is 0 Å².